The molecule has 0 aliphatic carbocycles. The van der Waals surface area contributed by atoms with E-state index >= 15 is 0 Å². The van der Waals surface area contributed by atoms with Crippen LogP contribution >= 0.6 is 0 Å². The van der Waals surface area contributed by atoms with Gasteiger partial charge in [0.05, 0.1) is 26.1 Å². The van der Waals surface area contributed by atoms with E-state index in [1.165, 1.54) is 24.7 Å². The monoisotopic (exact) mass is 425 g/mol. The van der Waals surface area contributed by atoms with Gasteiger partial charge < -0.3 is 15.0 Å². The van der Waals surface area contributed by atoms with E-state index in [2.05, 4.69) is 15.3 Å². The highest BCUT2D eigenvalue weighted by Gasteiger charge is 2.51. The molecule has 2 aromatic rings. The largest absolute Gasteiger partial charge is 0.382 e. The van der Waals surface area contributed by atoms with Crippen LogP contribution in [-0.2, 0) is 14.8 Å². The predicted octanol–water partition coefficient (Wildman–Crippen LogP) is 2.11. The van der Waals surface area contributed by atoms with Crippen LogP contribution in [0.1, 0.15) is 24.8 Å². The van der Waals surface area contributed by atoms with Crippen molar-refractivity contribution in [3.8, 4) is 0 Å². The summed E-state index contributed by atoms with van der Waals surface area (Å²) in [5.41, 5.74) is 0.967. The number of benzene rings is 1. The van der Waals surface area contributed by atoms with Gasteiger partial charge in [-0.1, -0.05) is 12.1 Å². The first-order valence-electron chi connectivity index (χ1n) is 9.99. The van der Waals surface area contributed by atoms with E-state index in [-0.39, 0.29) is 26.6 Å². The molecule has 0 amide bonds. The lowest BCUT2D eigenvalue weighted by atomic mass is 9.89. The van der Waals surface area contributed by atoms with E-state index < -0.39 is 10.0 Å². The number of rotatable bonds is 10. The Hall–Kier alpha value is -1.81. The summed E-state index contributed by atoms with van der Waals surface area (Å²) in [5.74, 6) is -0.174. The van der Waals surface area contributed by atoms with Crippen LogP contribution in [0, 0.1) is 11.7 Å². The van der Waals surface area contributed by atoms with Gasteiger partial charge in [0.15, 0.2) is 0 Å². The molecule has 29 heavy (non-hydrogen) atoms. The molecule has 1 saturated heterocycles. The number of hydrogen-bond donors (Lipinski definition) is 2. The number of quaternary nitrogens is 1. The van der Waals surface area contributed by atoms with Gasteiger partial charge in [-0.3, -0.25) is 0 Å². The van der Waals surface area contributed by atoms with Crippen molar-refractivity contribution in [3.63, 3.8) is 0 Å². The average molecular weight is 426 g/mol. The zero-order valence-electron chi connectivity index (χ0n) is 17.0. The molecule has 1 aromatic heterocycles. The summed E-state index contributed by atoms with van der Waals surface area (Å²) in [6.07, 6.45) is 3.63. The molecule has 9 heteroatoms. The zero-order chi connectivity index (χ0) is 20.9. The number of nitrogens with zero attached hydrogens (tertiary/aromatic N) is 2. The molecule has 2 N–H and O–H groups in total. The standard InChI is InChI=1S/C20H30FN4O3S/c1-3-28-10-4-9-22-11-17-13-25(2,29(26,27)20-12-23-15-24-20)14-19(17)16-5-7-18(21)8-6-16/h5-8,12,15,17,19,22H,3-4,9-11,13-14H2,1-2H3,(H,23,24)/q+1/t17?,19-,25-/m0/s1. The third-order valence-corrected chi connectivity index (χ3v) is 7.89. The van der Waals surface area contributed by atoms with E-state index in [1.807, 2.05) is 6.92 Å². The molecule has 0 bridgehead atoms. The number of nitrogens with one attached hydrogen (secondary N) is 2. The Bertz CT molecular complexity index is 874. The van der Waals surface area contributed by atoms with Gasteiger partial charge in [-0.2, -0.15) is 8.42 Å². The number of aromatic nitrogens is 2. The molecule has 1 aliphatic heterocycles. The first kappa shape index (κ1) is 21.9. The second kappa shape index (κ2) is 9.34. The fourth-order valence-corrected chi connectivity index (χ4v) is 5.72. The average Bonchev–Trinajstić information content (AvgIpc) is 3.35. The Morgan fingerprint density at radius 2 is 2.07 bits per heavy atom. The molecule has 0 spiro atoms. The van der Waals surface area contributed by atoms with Crippen molar-refractivity contribution in [1.82, 2.24) is 15.3 Å². The van der Waals surface area contributed by atoms with E-state index in [4.69, 9.17) is 4.74 Å². The fraction of sp³-hybridized carbons (Fsp3) is 0.550. The van der Waals surface area contributed by atoms with Crippen molar-refractivity contribution in [2.24, 2.45) is 5.92 Å². The van der Waals surface area contributed by atoms with Gasteiger partial charge in [-0.05, 0) is 37.6 Å². The summed E-state index contributed by atoms with van der Waals surface area (Å²) >= 11 is 0. The molecule has 1 aromatic carbocycles. The second-order valence-electron chi connectivity index (χ2n) is 7.73. The predicted molar refractivity (Wildman–Crippen MR) is 108 cm³/mol. The maximum Gasteiger partial charge on any atom is 0.344 e. The Labute approximate surface area is 171 Å². The molecule has 2 heterocycles. The highest BCUT2D eigenvalue weighted by Crippen LogP contribution is 2.39. The fourth-order valence-electron chi connectivity index (χ4n) is 4.11. The van der Waals surface area contributed by atoms with Crippen molar-refractivity contribution in [1.29, 1.82) is 0 Å². The number of likely N-dealkylation sites (N-methyl/N-ethyl adjacent to an activating group) is 1. The van der Waals surface area contributed by atoms with Crippen LogP contribution in [0.5, 0.6) is 0 Å². The summed E-state index contributed by atoms with van der Waals surface area (Å²) in [4.78, 5) is 6.61. The summed E-state index contributed by atoms with van der Waals surface area (Å²) < 4.78 is 45.2. The lowest BCUT2D eigenvalue weighted by Gasteiger charge is -2.27. The van der Waals surface area contributed by atoms with E-state index in [0.29, 0.717) is 32.8 Å². The molecule has 1 aliphatic rings. The molecule has 0 radical (unpaired) electrons. The molecular formula is C20H30FN4O3S+. The van der Waals surface area contributed by atoms with Crippen LogP contribution in [0.25, 0.3) is 0 Å². The van der Waals surface area contributed by atoms with Crippen molar-refractivity contribution >= 4 is 10.0 Å². The van der Waals surface area contributed by atoms with Gasteiger partial charge in [0.2, 0.25) is 5.03 Å². The quantitative estimate of drug-likeness (QED) is 0.450. The number of imidazole rings is 1. The Morgan fingerprint density at radius 3 is 2.72 bits per heavy atom. The Morgan fingerprint density at radius 1 is 1.31 bits per heavy atom. The summed E-state index contributed by atoms with van der Waals surface area (Å²) in [5, 5.41) is 3.57. The first-order valence-corrected chi connectivity index (χ1v) is 11.4. The minimum atomic E-state index is -3.62. The first-order chi connectivity index (χ1) is 13.9. The number of aromatic amines is 1. The van der Waals surface area contributed by atoms with E-state index in [9.17, 15) is 12.8 Å². The minimum Gasteiger partial charge on any atom is -0.382 e. The van der Waals surface area contributed by atoms with Crippen LogP contribution in [-0.4, -0.2) is 68.7 Å². The van der Waals surface area contributed by atoms with Crippen molar-refractivity contribution in [2.75, 3.05) is 46.4 Å². The van der Waals surface area contributed by atoms with Crippen LogP contribution in [0.3, 0.4) is 0 Å². The number of sulfonamides is 1. The molecule has 1 unspecified atom stereocenters. The van der Waals surface area contributed by atoms with Gasteiger partial charge in [0.1, 0.15) is 12.4 Å². The lowest BCUT2D eigenvalue weighted by Crippen LogP contribution is -2.47. The normalized spacial score (nSPS) is 24.8. The van der Waals surface area contributed by atoms with Crippen LogP contribution in [0.15, 0.2) is 41.8 Å². The van der Waals surface area contributed by atoms with Crippen molar-refractivity contribution in [2.45, 2.75) is 24.3 Å². The number of halogens is 1. The second-order valence-corrected chi connectivity index (χ2v) is 10.00. The number of ether oxygens (including phenoxy) is 1. The van der Waals surface area contributed by atoms with Gasteiger partial charge in [0.25, 0.3) is 0 Å². The summed E-state index contributed by atoms with van der Waals surface area (Å²) in [7, 11) is -1.87. The SMILES string of the molecule is CCOCCCNCC1C[N@+](C)(S(=O)(=O)c2cnc[nH]2)C[C@H]1c1ccc(F)cc1. The Balaban J connectivity index is 1.77. The highest BCUT2D eigenvalue weighted by molar-refractivity contribution is 7.85. The van der Waals surface area contributed by atoms with Crippen molar-refractivity contribution < 1.29 is 21.4 Å². The highest BCUT2D eigenvalue weighted by atomic mass is 32.2. The molecule has 160 valence electrons. The third-order valence-electron chi connectivity index (χ3n) is 5.66. The van der Waals surface area contributed by atoms with Gasteiger partial charge in [-0.25, -0.2) is 13.3 Å². The summed E-state index contributed by atoms with van der Waals surface area (Å²) in [6.45, 7) is 5.79. The van der Waals surface area contributed by atoms with Crippen LogP contribution in [0.4, 0.5) is 4.39 Å². The number of hydrogen-bond acceptors (Lipinski definition) is 5. The summed E-state index contributed by atoms with van der Waals surface area (Å²) in [6, 6.07) is 6.41. The lowest BCUT2D eigenvalue weighted by molar-refractivity contribution is -0.773. The van der Waals surface area contributed by atoms with E-state index in [1.54, 1.807) is 19.2 Å². The maximum absolute atomic E-state index is 13.4. The van der Waals surface area contributed by atoms with Gasteiger partial charge >= 0.3 is 10.0 Å². The smallest absolute Gasteiger partial charge is 0.344 e. The van der Waals surface area contributed by atoms with E-state index in [0.717, 1.165) is 18.5 Å². The molecule has 0 saturated carbocycles. The third kappa shape index (κ3) is 4.85. The maximum atomic E-state index is 13.4. The number of H-pyrrole nitrogens is 1. The van der Waals surface area contributed by atoms with Crippen molar-refractivity contribution in [3.05, 3.63) is 48.2 Å². The molecule has 3 rings (SSSR count). The molecule has 7 nitrogen and oxygen atoms in total. The van der Waals surface area contributed by atoms with Crippen LogP contribution in [0.2, 0.25) is 0 Å². The van der Waals surface area contributed by atoms with Gasteiger partial charge in [0, 0.05) is 31.6 Å². The topological polar surface area (TPSA) is 84.1 Å². The number of likely N-dealkylation sites (tertiary alicyclic amines) is 1. The minimum absolute atomic E-state index is 0.0117. The Kier molecular flexibility index (Phi) is 7.05. The molecular weight excluding hydrogens is 395 g/mol. The van der Waals surface area contributed by atoms with Crippen LogP contribution < -0.4 is 5.32 Å². The van der Waals surface area contributed by atoms with Gasteiger partial charge in [-0.15, -0.1) is 0 Å². The zero-order valence-corrected chi connectivity index (χ0v) is 17.8. The molecule has 3 atom stereocenters. The molecule has 1 fully saturated rings.